The molecule has 104 valence electrons. The van der Waals surface area contributed by atoms with Gasteiger partial charge in [-0.25, -0.2) is 0 Å². The van der Waals surface area contributed by atoms with E-state index in [2.05, 4.69) is 5.32 Å². The van der Waals surface area contributed by atoms with E-state index in [9.17, 15) is 4.79 Å². The molecule has 1 aliphatic rings. The van der Waals surface area contributed by atoms with Crippen LogP contribution >= 0.6 is 23.2 Å². The second-order valence-corrected chi connectivity index (χ2v) is 5.15. The molecule has 1 aromatic carbocycles. The van der Waals surface area contributed by atoms with Gasteiger partial charge in [-0.1, -0.05) is 23.2 Å². The van der Waals surface area contributed by atoms with Gasteiger partial charge in [-0.15, -0.1) is 0 Å². The highest BCUT2D eigenvalue weighted by Crippen LogP contribution is 2.27. The van der Waals surface area contributed by atoms with Crippen LogP contribution in [0.4, 0.5) is 0 Å². The molecule has 0 unspecified atom stereocenters. The summed E-state index contributed by atoms with van der Waals surface area (Å²) in [5.74, 6) is 0.627. The molecule has 1 amide bonds. The van der Waals surface area contributed by atoms with Crippen LogP contribution in [0.1, 0.15) is 6.42 Å². The van der Waals surface area contributed by atoms with Crippen molar-refractivity contribution in [3.63, 3.8) is 0 Å². The fraction of sp³-hybridized carbons (Fsp3) is 0.462. The molecule has 0 saturated carbocycles. The fourth-order valence-corrected chi connectivity index (χ4v) is 2.24. The molecule has 6 heteroatoms. The van der Waals surface area contributed by atoms with Crippen molar-refractivity contribution in [1.29, 1.82) is 0 Å². The lowest BCUT2D eigenvalue weighted by molar-refractivity contribution is -0.132. The molecule has 1 fully saturated rings. The number of piperazine rings is 1. The van der Waals surface area contributed by atoms with Crippen molar-refractivity contribution in [2.24, 2.45) is 0 Å². The Kier molecular flexibility index (Phi) is 5.31. The number of hydrogen-bond acceptors (Lipinski definition) is 3. The fourth-order valence-electron chi connectivity index (χ4n) is 1.91. The highest BCUT2D eigenvalue weighted by Gasteiger charge is 2.15. The molecule has 0 radical (unpaired) electrons. The van der Waals surface area contributed by atoms with E-state index in [1.165, 1.54) is 0 Å². The number of ether oxygens (including phenoxy) is 1. The summed E-state index contributed by atoms with van der Waals surface area (Å²) in [6.07, 6.45) is 0.350. The molecule has 1 aliphatic heterocycles. The predicted molar refractivity (Wildman–Crippen MR) is 76.0 cm³/mol. The minimum Gasteiger partial charge on any atom is -0.491 e. The van der Waals surface area contributed by atoms with Gasteiger partial charge in [0.15, 0.2) is 0 Å². The zero-order chi connectivity index (χ0) is 13.7. The number of carbonyl (C=O) groups is 1. The van der Waals surface area contributed by atoms with Gasteiger partial charge in [-0.2, -0.15) is 0 Å². The van der Waals surface area contributed by atoms with Gasteiger partial charge in [0, 0.05) is 37.3 Å². The van der Waals surface area contributed by atoms with Crippen LogP contribution in [0.3, 0.4) is 0 Å². The molecular formula is C13H16Cl2N2O2. The number of amides is 1. The number of carbonyl (C=O) groups excluding carboxylic acids is 1. The Bertz CT molecular complexity index is 448. The highest BCUT2D eigenvalue weighted by molar-refractivity contribution is 6.34. The van der Waals surface area contributed by atoms with Crippen molar-refractivity contribution in [1.82, 2.24) is 10.2 Å². The summed E-state index contributed by atoms with van der Waals surface area (Å²) in [5.41, 5.74) is 0. The largest absolute Gasteiger partial charge is 0.491 e. The minimum absolute atomic E-state index is 0.111. The first-order valence-corrected chi connectivity index (χ1v) is 6.99. The molecule has 0 aliphatic carbocycles. The molecule has 0 atom stereocenters. The third kappa shape index (κ3) is 4.27. The normalized spacial score (nSPS) is 15.4. The third-order valence-corrected chi connectivity index (χ3v) is 3.48. The maximum Gasteiger partial charge on any atom is 0.226 e. The zero-order valence-corrected chi connectivity index (χ0v) is 12.0. The predicted octanol–water partition coefficient (Wildman–Crippen LogP) is 2.19. The second kappa shape index (κ2) is 6.98. The topological polar surface area (TPSA) is 41.6 Å². The summed E-state index contributed by atoms with van der Waals surface area (Å²) in [5, 5.41) is 4.27. The number of hydrogen-bond donors (Lipinski definition) is 1. The van der Waals surface area contributed by atoms with E-state index in [4.69, 9.17) is 27.9 Å². The Morgan fingerprint density at radius 3 is 2.79 bits per heavy atom. The van der Waals surface area contributed by atoms with Crippen LogP contribution in [0.2, 0.25) is 10.0 Å². The van der Waals surface area contributed by atoms with E-state index in [0.29, 0.717) is 28.8 Å². The van der Waals surface area contributed by atoms with Crippen LogP contribution in [0, 0.1) is 0 Å². The zero-order valence-electron chi connectivity index (χ0n) is 10.5. The smallest absolute Gasteiger partial charge is 0.226 e. The molecule has 4 nitrogen and oxygen atoms in total. The maximum atomic E-state index is 11.9. The number of halogens is 2. The Balaban J connectivity index is 1.79. The maximum absolute atomic E-state index is 11.9. The summed E-state index contributed by atoms with van der Waals surface area (Å²) in [7, 11) is 0. The van der Waals surface area contributed by atoms with E-state index < -0.39 is 0 Å². The van der Waals surface area contributed by atoms with E-state index >= 15 is 0 Å². The molecule has 1 heterocycles. The first-order valence-electron chi connectivity index (χ1n) is 6.23. The lowest BCUT2D eigenvalue weighted by atomic mass is 10.3. The molecule has 0 aromatic heterocycles. The van der Waals surface area contributed by atoms with Crippen LogP contribution in [-0.2, 0) is 4.79 Å². The van der Waals surface area contributed by atoms with Crippen molar-refractivity contribution in [3.05, 3.63) is 28.2 Å². The van der Waals surface area contributed by atoms with Crippen LogP contribution in [-0.4, -0.2) is 43.6 Å². The van der Waals surface area contributed by atoms with Gasteiger partial charge in [-0.3, -0.25) is 4.79 Å². The van der Waals surface area contributed by atoms with Crippen molar-refractivity contribution in [2.45, 2.75) is 6.42 Å². The van der Waals surface area contributed by atoms with E-state index in [0.717, 1.165) is 26.2 Å². The molecule has 0 bridgehead atoms. The molecule has 19 heavy (non-hydrogen) atoms. The van der Waals surface area contributed by atoms with E-state index in [1.54, 1.807) is 18.2 Å². The Morgan fingerprint density at radius 2 is 2.05 bits per heavy atom. The van der Waals surface area contributed by atoms with Crippen molar-refractivity contribution in [2.75, 3.05) is 32.8 Å². The van der Waals surface area contributed by atoms with Gasteiger partial charge in [0.25, 0.3) is 0 Å². The second-order valence-electron chi connectivity index (χ2n) is 4.30. The van der Waals surface area contributed by atoms with Crippen molar-refractivity contribution < 1.29 is 9.53 Å². The number of nitrogens with zero attached hydrogens (tertiary/aromatic N) is 1. The Labute approximate surface area is 122 Å². The van der Waals surface area contributed by atoms with Gasteiger partial charge < -0.3 is 15.0 Å². The van der Waals surface area contributed by atoms with Gasteiger partial charge in [0.1, 0.15) is 5.75 Å². The average molecular weight is 303 g/mol. The summed E-state index contributed by atoms with van der Waals surface area (Å²) in [6.45, 7) is 3.54. The molecule has 1 saturated heterocycles. The lowest BCUT2D eigenvalue weighted by Crippen LogP contribution is -2.46. The molecular weight excluding hydrogens is 287 g/mol. The third-order valence-electron chi connectivity index (χ3n) is 2.94. The van der Waals surface area contributed by atoms with Gasteiger partial charge in [0.2, 0.25) is 5.91 Å². The number of benzene rings is 1. The van der Waals surface area contributed by atoms with Crippen molar-refractivity contribution >= 4 is 29.1 Å². The van der Waals surface area contributed by atoms with Gasteiger partial charge in [0.05, 0.1) is 18.1 Å². The monoisotopic (exact) mass is 302 g/mol. The van der Waals surface area contributed by atoms with E-state index in [-0.39, 0.29) is 5.91 Å². The first-order chi connectivity index (χ1) is 9.16. The molecule has 2 rings (SSSR count). The lowest BCUT2D eigenvalue weighted by Gasteiger charge is -2.27. The summed E-state index contributed by atoms with van der Waals surface area (Å²) in [4.78, 5) is 13.7. The number of nitrogens with one attached hydrogen (secondary N) is 1. The first kappa shape index (κ1) is 14.4. The van der Waals surface area contributed by atoms with Crippen LogP contribution in [0.25, 0.3) is 0 Å². The van der Waals surface area contributed by atoms with Crippen LogP contribution in [0.15, 0.2) is 18.2 Å². The standard InChI is InChI=1S/C13H16Cl2N2O2/c14-10-1-2-11(15)12(9-10)19-8-3-13(18)17-6-4-16-5-7-17/h1-2,9,16H,3-8H2. The molecule has 0 spiro atoms. The quantitative estimate of drug-likeness (QED) is 0.927. The summed E-state index contributed by atoms with van der Waals surface area (Å²) < 4.78 is 5.50. The summed E-state index contributed by atoms with van der Waals surface area (Å²) in [6, 6.07) is 5.03. The number of rotatable bonds is 4. The van der Waals surface area contributed by atoms with Crippen LogP contribution in [0.5, 0.6) is 5.75 Å². The Morgan fingerprint density at radius 1 is 1.32 bits per heavy atom. The average Bonchev–Trinajstić information content (AvgIpc) is 2.43. The van der Waals surface area contributed by atoms with Gasteiger partial charge >= 0.3 is 0 Å². The SMILES string of the molecule is O=C(CCOc1cc(Cl)ccc1Cl)N1CCNCC1. The van der Waals surface area contributed by atoms with Crippen molar-refractivity contribution in [3.8, 4) is 5.75 Å². The van der Waals surface area contributed by atoms with Gasteiger partial charge in [-0.05, 0) is 12.1 Å². The summed E-state index contributed by atoms with van der Waals surface area (Å²) >= 11 is 11.8. The highest BCUT2D eigenvalue weighted by atomic mass is 35.5. The van der Waals surface area contributed by atoms with E-state index in [1.807, 2.05) is 4.90 Å². The molecule has 1 N–H and O–H groups in total. The molecule has 1 aromatic rings. The Hall–Kier alpha value is -0.970. The minimum atomic E-state index is 0.111. The van der Waals surface area contributed by atoms with Crippen LogP contribution < -0.4 is 10.1 Å².